The third-order valence-electron chi connectivity index (χ3n) is 4.69. The zero-order valence-corrected chi connectivity index (χ0v) is 16.1. The highest BCUT2D eigenvalue weighted by Gasteiger charge is 2.19. The summed E-state index contributed by atoms with van der Waals surface area (Å²) < 4.78 is 25.7. The molecule has 0 saturated heterocycles. The molecule has 0 aliphatic heterocycles. The van der Waals surface area contributed by atoms with Crippen LogP contribution in [0.5, 0.6) is 0 Å². The molecule has 1 aromatic heterocycles. The van der Waals surface area contributed by atoms with Gasteiger partial charge in [-0.25, -0.2) is 8.42 Å². The van der Waals surface area contributed by atoms with Gasteiger partial charge in [-0.15, -0.1) is 0 Å². The predicted octanol–water partition coefficient (Wildman–Crippen LogP) is 4.52. The molecular weight excluding hydrogens is 344 g/mol. The van der Waals surface area contributed by atoms with Crippen molar-refractivity contribution >= 4 is 20.7 Å². The number of hydrogen-bond donors (Lipinski definition) is 1. The lowest BCUT2D eigenvalue weighted by Gasteiger charge is -2.20. The summed E-state index contributed by atoms with van der Waals surface area (Å²) in [5.74, 6) is 0. The lowest BCUT2D eigenvalue weighted by Crippen LogP contribution is -2.28. The second kappa shape index (κ2) is 7.56. The standard InChI is InChI=1S/C21H24N2O2S/c1-4-15(2)23-16(3)20-12-8-9-17-13-19(14-22-21(17)20)26(24,25)18-10-6-5-7-11-18/h5-16,23H,4H2,1-3H3. The summed E-state index contributed by atoms with van der Waals surface area (Å²) in [5.41, 5.74) is 1.91. The first-order valence-corrected chi connectivity index (χ1v) is 10.4. The second-order valence-corrected chi connectivity index (χ2v) is 8.55. The van der Waals surface area contributed by atoms with Gasteiger partial charge in [0.15, 0.2) is 0 Å². The van der Waals surface area contributed by atoms with Crippen LogP contribution in [0.25, 0.3) is 10.9 Å². The monoisotopic (exact) mass is 368 g/mol. The number of pyridine rings is 1. The number of benzene rings is 2. The van der Waals surface area contributed by atoms with Crippen LogP contribution in [-0.4, -0.2) is 19.4 Å². The van der Waals surface area contributed by atoms with Gasteiger partial charge in [0.05, 0.1) is 15.3 Å². The smallest absolute Gasteiger partial charge is 0.208 e. The van der Waals surface area contributed by atoms with Crippen molar-refractivity contribution in [2.75, 3.05) is 0 Å². The normalized spacial score (nSPS) is 14.3. The molecule has 5 heteroatoms. The van der Waals surface area contributed by atoms with E-state index in [4.69, 9.17) is 0 Å². The van der Waals surface area contributed by atoms with Crippen molar-refractivity contribution in [3.63, 3.8) is 0 Å². The van der Waals surface area contributed by atoms with Gasteiger partial charge in [-0.1, -0.05) is 43.3 Å². The maximum atomic E-state index is 12.8. The van der Waals surface area contributed by atoms with Gasteiger partial charge in [-0.3, -0.25) is 4.98 Å². The molecule has 2 aromatic carbocycles. The Hall–Kier alpha value is -2.24. The molecule has 0 aliphatic carbocycles. The van der Waals surface area contributed by atoms with Crippen molar-refractivity contribution in [1.29, 1.82) is 0 Å². The lowest BCUT2D eigenvalue weighted by molar-refractivity contribution is 0.471. The van der Waals surface area contributed by atoms with Crippen LogP contribution in [0.4, 0.5) is 0 Å². The van der Waals surface area contributed by atoms with Crippen LogP contribution in [0.3, 0.4) is 0 Å². The summed E-state index contributed by atoms with van der Waals surface area (Å²) >= 11 is 0. The van der Waals surface area contributed by atoms with Crippen molar-refractivity contribution in [2.45, 2.75) is 49.1 Å². The fourth-order valence-electron chi connectivity index (χ4n) is 3.03. The number of para-hydroxylation sites is 1. The molecule has 0 fully saturated rings. The fourth-order valence-corrected chi connectivity index (χ4v) is 4.29. The number of nitrogens with zero attached hydrogens (tertiary/aromatic N) is 1. The first kappa shape index (κ1) is 18.5. The maximum Gasteiger partial charge on any atom is 0.208 e. The van der Waals surface area contributed by atoms with Gasteiger partial charge in [-0.2, -0.15) is 0 Å². The third-order valence-corrected chi connectivity index (χ3v) is 6.43. The average Bonchev–Trinajstić information content (AvgIpc) is 2.67. The zero-order chi connectivity index (χ0) is 18.7. The van der Waals surface area contributed by atoms with Gasteiger partial charge >= 0.3 is 0 Å². The van der Waals surface area contributed by atoms with Crippen LogP contribution in [-0.2, 0) is 9.84 Å². The number of aromatic nitrogens is 1. The van der Waals surface area contributed by atoms with Crippen LogP contribution in [0.2, 0.25) is 0 Å². The van der Waals surface area contributed by atoms with E-state index in [0.29, 0.717) is 6.04 Å². The van der Waals surface area contributed by atoms with Gasteiger partial charge < -0.3 is 5.32 Å². The molecule has 3 rings (SSSR count). The number of nitrogens with one attached hydrogen (secondary N) is 1. The molecule has 26 heavy (non-hydrogen) atoms. The van der Waals surface area contributed by atoms with Gasteiger partial charge in [0.2, 0.25) is 9.84 Å². The second-order valence-electron chi connectivity index (χ2n) is 6.60. The maximum absolute atomic E-state index is 12.8. The molecule has 0 radical (unpaired) electrons. The van der Waals surface area contributed by atoms with Gasteiger partial charge in [0.1, 0.15) is 0 Å². The van der Waals surface area contributed by atoms with Crippen molar-refractivity contribution in [1.82, 2.24) is 10.3 Å². The van der Waals surface area contributed by atoms with Gasteiger partial charge in [0, 0.05) is 23.7 Å². The largest absolute Gasteiger partial charge is 0.308 e. The first-order chi connectivity index (χ1) is 12.4. The average molecular weight is 369 g/mol. The van der Waals surface area contributed by atoms with Crippen LogP contribution in [0.1, 0.15) is 38.8 Å². The Labute approximate surface area is 155 Å². The zero-order valence-electron chi connectivity index (χ0n) is 15.3. The summed E-state index contributed by atoms with van der Waals surface area (Å²) in [6.45, 7) is 6.41. The van der Waals surface area contributed by atoms with Crippen molar-refractivity contribution < 1.29 is 8.42 Å². The van der Waals surface area contributed by atoms with Crippen molar-refractivity contribution in [3.05, 3.63) is 66.4 Å². The minimum atomic E-state index is -3.56. The quantitative estimate of drug-likeness (QED) is 0.695. The molecule has 3 aromatic rings. The Morgan fingerprint density at radius 3 is 2.42 bits per heavy atom. The van der Waals surface area contributed by atoms with Gasteiger partial charge in [-0.05, 0) is 44.0 Å². The fraction of sp³-hybridized carbons (Fsp3) is 0.286. The number of hydrogen-bond acceptors (Lipinski definition) is 4. The molecule has 4 nitrogen and oxygen atoms in total. The molecule has 0 amide bonds. The van der Waals surface area contributed by atoms with Crippen LogP contribution in [0, 0.1) is 0 Å². The minimum absolute atomic E-state index is 0.137. The van der Waals surface area contributed by atoms with E-state index in [1.165, 1.54) is 6.20 Å². The first-order valence-electron chi connectivity index (χ1n) is 8.88. The summed E-state index contributed by atoms with van der Waals surface area (Å²) in [4.78, 5) is 5.01. The molecule has 2 unspecified atom stereocenters. The summed E-state index contributed by atoms with van der Waals surface area (Å²) in [7, 11) is -3.56. The van der Waals surface area contributed by atoms with E-state index in [9.17, 15) is 8.42 Å². The van der Waals surface area contributed by atoms with E-state index in [1.807, 2.05) is 18.2 Å². The molecule has 1 heterocycles. The SMILES string of the molecule is CCC(C)NC(C)c1cccc2cc(S(=O)(=O)c3ccccc3)cnc12. The van der Waals surface area contributed by atoms with E-state index in [2.05, 4.69) is 31.1 Å². The molecule has 2 atom stereocenters. The molecular formula is C21H24N2O2S. The van der Waals surface area contributed by atoms with E-state index in [0.717, 1.165) is 22.9 Å². The van der Waals surface area contributed by atoms with Crippen LogP contribution >= 0.6 is 0 Å². The third kappa shape index (κ3) is 3.64. The topological polar surface area (TPSA) is 59.1 Å². The molecule has 0 saturated carbocycles. The van der Waals surface area contributed by atoms with Crippen molar-refractivity contribution in [2.24, 2.45) is 0 Å². The molecule has 0 bridgehead atoms. The van der Waals surface area contributed by atoms with E-state index < -0.39 is 9.84 Å². The molecule has 136 valence electrons. The van der Waals surface area contributed by atoms with E-state index >= 15 is 0 Å². The minimum Gasteiger partial charge on any atom is -0.308 e. The highest BCUT2D eigenvalue weighted by atomic mass is 32.2. The Morgan fingerprint density at radius 2 is 1.73 bits per heavy atom. The Balaban J connectivity index is 2.03. The van der Waals surface area contributed by atoms with E-state index in [-0.39, 0.29) is 15.8 Å². The van der Waals surface area contributed by atoms with Crippen LogP contribution < -0.4 is 5.32 Å². The predicted molar refractivity (Wildman–Crippen MR) is 105 cm³/mol. The lowest BCUT2D eigenvalue weighted by atomic mass is 10.0. The Kier molecular flexibility index (Phi) is 5.39. The number of rotatable bonds is 6. The Bertz CT molecular complexity index is 1000. The Morgan fingerprint density at radius 1 is 1.00 bits per heavy atom. The molecule has 0 spiro atoms. The summed E-state index contributed by atoms with van der Waals surface area (Å²) in [6, 6.07) is 16.6. The van der Waals surface area contributed by atoms with Gasteiger partial charge in [0.25, 0.3) is 0 Å². The van der Waals surface area contributed by atoms with Crippen molar-refractivity contribution in [3.8, 4) is 0 Å². The number of fused-ring (bicyclic) bond motifs is 1. The highest BCUT2D eigenvalue weighted by Crippen LogP contribution is 2.27. The molecule has 0 aliphatic rings. The van der Waals surface area contributed by atoms with E-state index in [1.54, 1.807) is 36.4 Å². The molecule has 1 N–H and O–H groups in total. The summed E-state index contributed by atoms with van der Waals surface area (Å²) in [6.07, 6.45) is 2.51. The number of sulfone groups is 1. The van der Waals surface area contributed by atoms with Crippen LogP contribution in [0.15, 0.2) is 70.6 Å². The highest BCUT2D eigenvalue weighted by molar-refractivity contribution is 7.91. The summed E-state index contributed by atoms with van der Waals surface area (Å²) in [5, 5.41) is 4.38.